The minimum atomic E-state index is -0.505. The number of thioether (sulfide) groups is 1. The molecule has 1 saturated heterocycles. The quantitative estimate of drug-likeness (QED) is 0.323. The molecule has 158 valence electrons. The van der Waals surface area contributed by atoms with Crippen molar-refractivity contribution in [1.82, 2.24) is 9.55 Å². The molecule has 1 atom stereocenters. The highest BCUT2D eigenvalue weighted by Gasteiger charge is 2.25. The summed E-state index contributed by atoms with van der Waals surface area (Å²) in [6.07, 6.45) is 5.13. The molecule has 7 nitrogen and oxygen atoms in total. The molecule has 0 amide bonds. The minimum absolute atomic E-state index is 0.0343. The van der Waals surface area contributed by atoms with E-state index in [1.807, 2.05) is 0 Å². The zero-order valence-corrected chi connectivity index (χ0v) is 18.3. The van der Waals surface area contributed by atoms with Crippen molar-refractivity contribution in [3.8, 4) is 0 Å². The third-order valence-corrected chi connectivity index (χ3v) is 7.78. The van der Waals surface area contributed by atoms with E-state index in [9.17, 15) is 9.59 Å². The Morgan fingerprint density at radius 3 is 3.07 bits per heavy atom. The van der Waals surface area contributed by atoms with Gasteiger partial charge in [-0.15, -0.1) is 11.3 Å². The van der Waals surface area contributed by atoms with Gasteiger partial charge in [-0.3, -0.25) is 9.36 Å². The first-order valence-corrected chi connectivity index (χ1v) is 11.9. The van der Waals surface area contributed by atoms with E-state index in [2.05, 4.69) is 4.74 Å². The molecule has 3 aromatic heterocycles. The summed E-state index contributed by atoms with van der Waals surface area (Å²) in [7, 11) is 1.32. The van der Waals surface area contributed by atoms with E-state index < -0.39 is 5.97 Å². The maximum atomic E-state index is 13.5. The lowest BCUT2D eigenvalue weighted by molar-refractivity contribution is 0.0563. The number of thiophene rings is 1. The molecule has 0 N–H and O–H groups in total. The Labute approximate surface area is 181 Å². The molecular weight excluding hydrogens is 424 g/mol. The van der Waals surface area contributed by atoms with Gasteiger partial charge in [-0.2, -0.15) is 0 Å². The second-order valence-corrected chi connectivity index (χ2v) is 9.55. The highest BCUT2D eigenvalue weighted by Crippen LogP contribution is 2.36. The van der Waals surface area contributed by atoms with E-state index in [4.69, 9.17) is 14.1 Å². The van der Waals surface area contributed by atoms with Gasteiger partial charge in [0.2, 0.25) is 5.76 Å². The van der Waals surface area contributed by atoms with Gasteiger partial charge >= 0.3 is 5.97 Å². The number of carbonyl (C=O) groups excluding carboxylic acids is 1. The molecule has 0 radical (unpaired) electrons. The summed E-state index contributed by atoms with van der Waals surface area (Å²) in [4.78, 5) is 32.1. The van der Waals surface area contributed by atoms with Crippen LogP contribution in [0, 0.1) is 0 Å². The molecular formula is C21H22N2O5S2. The van der Waals surface area contributed by atoms with E-state index in [1.165, 1.54) is 29.3 Å². The molecule has 0 aromatic carbocycles. The third-order valence-electron chi connectivity index (χ3n) is 5.59. The number of ether oxygens (including phenoxy) is 2. The maximum absolute atomic E-state index is 13.5. The Morgan fingerprint density at radius 1 is 1.37 bits per heavy atom. The van der Waals surface area contributed by atoms with Crippen LogP contribution in [0.15, 0.2) is 26.5 Å². The first-order valence-electron chi connectivity index (χ1n) is 10.1. The number of esters is 1. The van der Waals surface area contributed by atoms with Gasteiger partial charge in [0.15, 0.2) is 5.16 Å². The molecule has 2 aliphatic rings. The van der Waals surface area contributed by atoms with E-state index in [0.29, 0.717) is 23.2 Å². The second-order valence-electron chi connectivity index (χ2n) is 7.53. The van der Waals surface area contributed by atoms with Crippen LogP contribution in [-0.4, -0.2) is 35.3 Å². The molecule has 1 fully saturated rings. The molecule has 1 aliphatic carbocycles. The normalized spacial score (nSPS) is 18.2. The fourth-order valence-corrected chi connectivity index (χ4v) is 6.33. The van der Waals surface area contributed by atoms with E-state index in [0.717, 1.165) is 48.9 Å². The number of rotatable bonds is 6. The van der Waals surface area contributed by atoms with Crippen LogP contribution in [-0.2, 0) is 34.6 Å². The average Bonchev–Trinajstić information content (AvgIpc) is 3.52. The van der Waals surface area contributed by atoms with Crippen molar-refractivity contribution in [2.45, 2.75) is 55.7 Å². The molecule has 3 aromatic rings. The molecule has 0 saturated carbocycles. The van der Waals surface area contributed by atoms with Gasteiger partial charge in [0.1, 0.15) is 10.6 Å². The maximum Gasteiger partial charge on any atom is 0.373 e. The van der Waals surface area contributed by atoms with Gasteiger partial charge in [0.05, 0.1) is 30.9 Å². The number of methoxy groups -OCH3 is 1. The van der Waals surface area contributed by atoms with E-state index in [1.54, 1.807) is 28.0 Å². The second kappa shape index (κ2) is 8.20. The van der Waals surface area contributed by atoms with Gasteiger partial charge < -0.3 is 13.9 Å². The lowest BCUT2D eigenvalue weighted by Gasteiger charge is -2.15. The number of aryl methyl sites for hydroxylation is 2. The Bertz CT molecular complexity index is 1160. The molecule has 0 bridgehead atoms. The van der Waals surface area contributed by atoms with Crippen LogP contribution in [0.25, 0.3) is 10.2 Å². The standard InChI is InChI=1S/C21H22N2O5S2/c1-26-20(25)15-8-7-13(28-15)11-29-21-22-18-17(14-5-2-6-16(14)30-18)19(24)23(21)10-12-4-3-9-27-12/h7-8,12H,2-6,9-11H2,1H3/t12-/m1/s1. The van der Waals surface area contributed by atoms with Crippen LogP contribution in [0.3, 0.4) is 0 Å². The van der Waals surface area contributed by atoms with Crippen molar-refractivity contribution < 1.29 is 18.7 Å². The van der Waals surface area contributed by atoms with Crippen LogP contribution in [0.5, 0.6) is 0 Å². The molecule has 30 heavy (non-hydrogen) atoms. The predicted molar refractivity (Wildman–Crippen MR) is 114 cm³/mol. The first-order chi connectivity index (χ1) is 14.6. The number of furan rings is 1. The number of aromatic nitrogens is 2. The van der Waals surface area contributed by atoms with Crippen molar-refractivity contribution in [2.24, 2.45) is 0 Å². The molecule has 5 rings (SSSR count). The van der Waals surface area contributed by atoms with Crippen molar-refractivity contribution in [1.29, 1.82) is 0 Å². The number of nitrogens with zero attached hydrogens (tertiary/aromatic N) is 2. The van der Waals surface area contributed by atoms with Crippen molar-refractivity contribution in [2.75, 3.05) is 13.7 Å². The van der Waals surface area contributed by atoms with E-state index in [-0.39, 0.29) is 17.4 Å². The number of fused-ring (bicyclic) bond motifs is 3. The fraction of sp³-hybridized carbons (Fsp3) is 0.476. The Kier molecular flexibility index (Phi) is 5.43. The zero-order chi connectivity index (χ0) is 20.7. The zero-order valence-electron chi connectivity index (χ0n) is 16.6. The highest BCUT2D eigenvalue weighted by atomic mass is 32.2. The largest absolute Gasteiger partial charge is 0.463 e. The van der Waals surface area contributed by atoms with Gasteiger partial charge in [-0.25, -0.2) is 9.78 Å². The third kappa shape index (κ3) is 3.59. The Hall–Kier alpha value is -2.10. The number of hydrogen-bond acceptors (Lipinski definition) is 8. The van der Waals surface area contributed by atoms with Crippen LogP contribution in [0.4, 0.5) is 0 Å². The summed E-state index contributed by atoms with van der Waals surface area (Å²) in [5.41, 5.74) is 1.23. The topological polar surface area (TPSA) is 83.6 Å². The molecule has 4 heterocycles. The molecule has 0 spiro atoms. The average molecular weight is 447 g/mol. The van der Waals surface area contributed by atoms with Crippen molar-refractivity contribution >= 4 is 39.3 Å². The SMILES string of the molecule is COC(=O)c1ccc(CSc2nc3sc4c(c3c(=O)n2C[C@H]2CCCO2)CCC4)o1. The summed E-state index contributed by atoms with van der Waals surface area (Å²) in [6.45, 7) is 1.26. The van der Waals surface area contributed by atoms with Crippen molar-refractivity contribution in [3.63, 3.8) is 0 Å². The smallest absolute Gasteiger partial charge is 0.373 e. The van der Waals surface area contributed by atoms with Gasteiger partial charge in [-0.05, 0) is 49.8 Å². The van der Waals surface area contributed by atoms with Gasteiger partial charge in [0.25, 0.3) is 5.56 Å². The Balaban J connectivity index is 1.48. The lowest BCUT2D eigenvalue weighted by atomic mass is 10.2. The molecule has 1 aliphatic heterocycles. The minimum Gasteiger partial charge on any atom is -0.463 e. The lowest BCUT2D eigenvalue weighted by Crippen LogP contribution is -2.28. The summed E-state index contributed by atoms with van der Waals surface area (Å²) in [6, 6.07) is 3.35. The summed E-state index contributed by atoms with van der Waals surface area (Å²) in [5.74, 6) is 0.759. The van der Waals surface area contributed by atoms with Crippen LogP contribution >= 0.6 is 23.1 Å². The molecule has 9 heteroatoms. The van der Waals surface area contributed by atoms with E-state index >= 15 is 0 Å². The van der Waals surface area contributed by atoms with Crippen LogP contribution in [0.1, 0.15) is 46.0 Å². The Morgan fingerprint density at radius 2 is 2.27 bits per heavy atom. The van der Waals surface area contributed by atoms with Crippen molar-refractivity contribution in [3.05, 3.63) is 44.4 Å². The predicted octanol–water partition coefficient (Wildman–Crippen LogP) is 3.80. The summed E-state index contributed by atoms with van der Waals surface area (Å²) < 4.78 is 17.8. The number of hydrogen-bond donors (Lipinski definition) is 0. The van der Waals surface area contributed by atoms with Gasteiger partial charge in [0, 0.05) is 11.5 Å². The highest BCUT2D eigenvalue weighted by molar-refractivity contribution is 7.98. The first kappa shape index (κ1) is 19.8. The summed E-state index contributed by atoms with van der Waals surface area (Å²) >= 11 is 3.09. The van der Waals surface area contributed by atoms with Gasteiger partial charge in [-0.1, -0.05) is 11.8 Å². The van der Waals surface area contributed by atoms with Crippen LogP contribution < -0.4 is 5.56 Å². The number of carbonyl (C=O) groups is 1. The summed E-state index contributed by atoms with van der Waals surface area (Å²) in [5, 5.41) is 1.46. The monoisotopic (exact) mass is 446 g/mol. The molecule has 0 unspecified atom stereocenters. The van der Waals surface area contributed by atoms with Crippen LogP contribution in [0.2, 0.25) is 0 Å². The fourth-order valence-electron chi connectivity index (χ4n) is 4.12.